The van der Waals surface area contributed by atoms with Crippen LogP contribution in [0.5, 0.6) is 5.88 Å². The summed E-state index contributed by atoms with van der Waals surface area (Å²) in [5.74, 6) is 1.17. The van der Waals surface area contributed by atoms with Crippen LogP contribution in [0.4, 0.5) is 0 Å². The Bertz CT molecular complexity index is 728. The molecule has 2 aromatic heterocycles. The topological polar surface area (TPSA) is 64.1 Å². The Morgan fingerprint density at radius 1 is 1.50 bits per heavy atom. The monoisotopic (exact) mass is 347 g/mol. The van der Waals surface area contributed by atoms with E-state index in [2.05, 4.69) is 29.1 Å². The van der Waals surface area contributed by atoms with Crippen LogP contribution in [0.1, 0.15) is 50.5 Å². The summed E-state index contributed by atoms with van der Waals surface area (Å²) in [6.07, 6.45) is 6.88. The minimum absolute atomic E-state index is 0.00118. The molecule has 1 aliphatic rings. The molecule has 130 valence electrons. The molecule has 0 spiro atoms. The van der Waals surface area contributed by atoms with Crippen LogP contribution in [0.25, 0.3) is 10.2 Å². The van der Waals surface area contributed by atoms with Crippen LogP contribution >= 0.6 is 11.3 Å². The standard InChI is InChI=1S/C18H25N3O2S/c1-4-5-12(3)21-15(22)9-23-17-16-13-7-6-11(2)8-14(13)24-18(16)20-10-19-17/h10-12H,4-9H2,1-3H3,(H,21,22)/t11-,12+/m0/s1. The summed E-state index contributed by atoms with van der Waals surface area (Å²) in [5, 5.41) is 3.97. The van der Waals surface area contributed by atoms with E-state index in [9.17, 15) is 4.79 Å². The van der Waals surface area contributed by atoms with Crippen molar-refractivity contribution in [2.24, 2.45) is 5.92 Å². The van der Waals surface area contributed by atoms with Crippen molar-refractivity contribution in [1.82, 2.24) is 15.3 Å². The van der Waals surface area contributed by atoms with Gasteiger partial charge in [0.25, 0.3) is 5.91 Å². The van der Waals surface area contributed by atoms with Gasteiger partial charge < -0.3 is 10.1 Å². The molecule has 0 aliphatic heterocycles. The normalized spacial score (nSPS) is 18.2. The fourth-order valence-corrected chi connectivity index (χ4v) is 4.65. The van der Waals surface area contributed by atoms with Crippen molar-refractivity contribution in [3.05, 3.63) is 16.8 Å². The molecule has 0 bridgehead atoms. The fourth-order valence-electron chi connectivity index (χ4n) is 3.31. The Labute approximate surface area is 146 Å². The number of nitrogens with one attached hydrogen (secondary N) is 1. The van der Waals surface area contributed by atoms with Crippen molar-refractivity contribution < 1.29 is 9.53 Å². The average molecular weight is 347 g/mol. The molecule has 2 atom stereocenters. The van der Waals surface area contributed by atoms with Crippen molar-refractivity contribution in [2.75, 3.05) is 6.61 Å². The van der Waals surface area contributed by atoms with E-state index in [1.54, 1.807) is 11.3 Å². The zero-order chi connectivity index (χ0) is 17.1. The smallest absolute Gasteiger partial charge is 0.258 e. The summed E-state index contributed by atoms with van der Waals surface area (Å²) >= 11 is 1.74. The molecule has 0 fully saturated rings. The molecule has 0 unspecified atom stereocenters. The van der Waals surface area contributed by atoms with Gasteiger partial charge in [0, 0.05) is 10.9 Å². The third kappa shape index (κ3) is 3.69. The number of aromatic nitrogens is 2. The van der Waals surface area contributed by atoms with Gasteiger partial charge in [-0.15, -0.1) is 11.3 Å². The number of carbonyl (C=O) groups is 1. The lowest BCUT2D eigenvalue weighted by molar-refractivity contribution is -0.123. The number of thiophene rings is 1. The molecule has 1 amide bonds. The zero-order valence-corrected chi connectivity index (χ0v) is 15.4. The second-order valence-electron chi connectivity index (χ2n) is 6.76. The van der Waals surface area contributed by atoms with E-state index in [-0.39, 0.29) is 18.6 Å². The molecule has 24 heavy (non-hydrogen) atoms. The van der Waals surface area contributed by atoms with Crippen molar-refractivity contribution in [2.45, 2.75) is 58.9 Å². The van der Waals surface area contributed by atoms with Gasteiger partial charge in [-0.1, -0.05) is 20.3 Å². The first-order chi connectivity index (χ1) is 11.6. The van der Waals surface area contributed by atoms with Crippen LogP contribution in [0.15, 0.2) is 6.33 Å². The van der Waals surface area contributed by atoms with Gasteiger partial charge in [-0.2, -0.15) is 0 Å². The lowest BCUT2D eigenvalue weighted by atomic mass is 9.89. The van der Waals surface area contributed by atoms with Crippen molar-refractivity contribution >= 4 is 27.5 Å². The van der Waals surface area contributed by atoms with E-state index in [0.717, 1.165) is 35.9 Å². The summed E-state index contributed by atoms with van der Waals surface area (Å²) in [6.45, 7) is 6.41. The summed E-state index contributed by atoms with van der Waals surface area (Å²) in [7, 11) is 0. The van der Waals surface area contributed by atoms with Crippen LogP contribution in [-0.4, -0.2) is 28.5 Å². The van der Waals surface area contributed by atoms with Crippen molar-refractivity contribution in [1.29, 1.82) is 0 Å². The zero-order valence-electron chi connectivity index (χ0n) is 14.6. The van der Waals surface area contributed by atoms with Gasteiger partial charge in [0.1, 0.15) is 11.2 Å². The molecule has 0 saturated heterocycles. The molecule has 5 nitrogen and oxygen atoms in total. The number of fused-ring (bicyclic) bond motifs is 3. The van der Waals surface area contributed by atoms with Crippen LogP contribution in [-0.2, 0) is 17.6 Å². The predicted molar refractivity (Wildman–Crippen MR) is 96.6 cm³/mol. The minimum atomic E-state index is -0.0968. The Hall–Kier alpha value is -1.69. The molecule has 0 radical (unpaired) electrons. The summed E-state index contributed by atoms with van der Waals surface area (Å²) < 4.78 is 5.75. The van der Waals surface area contributed by atoms with Crippen molar-refractivity contribution in [3.8, 4) is 5.88 Å². The highest BCUT2D eigenvalue weighted by molar-refractivity contribution is 7.18. The number of carbonyl (C=O) groups excluding carboxylic acids is 1. The molecular weight excluding hydrogens is 322 g/mol. The Kier molecular flexibility index (Phi) is 5.33. The van der Waals surface area contributed by atoms with Gasteiger partial charge in [-0.25, -0.2) is 9.97 Å². The van der Waals surface area contributed by atoms with E-state index in [0.29, 0.717) is 11.8 Å². The maximum Gasteiger partial charge on any atom is 0.258 e. The van der Waals surface area contributed by atoms with E-state index in [1.807, 2.05) is 6.92 Å². The second kappa shape index (κ2) is 7.47. The first-order valence-corrected chi connectivity index (χ1v) is 9.57. The lowest BCUT2D eigenvalue weighted by Gasteiger charge is -2.18. The first-order valence-electron chi connectivity index (χ1n) is 8.75. The largest absolute Gasteiger partial charge is 0.467 e. The Morgan fingerprint density at radius 2 is 2.33 bits per heavy atom. The van der Waals surface area contributed by atoms with Crippen LogP contribution < -0.4 is 10.1 Å². The van der Waals surface area contributed by atoms with Gasteiger partial charge in [0.2, 0.25) is 5.88 Å². The predicted octanol–water partition coefficient (Wildman–Crippen LogP) is 3.50. The summed E-state index contributed by atoms with van der Waals surface area (Å²) in [5.41, 5.74) is 1.32. The minimum Gasteiger partial charge on any atom is -0.467 e. The number of aryl methyl sites for hydroxylation is 1. The molecule has 6 heteroatoms. The molecule has 0 aromatic carbocycles. The average Bonchev–Trinajstić information content (AvgIpc) is 2.90. The number of hydrogen-bond donors (Lipinski definition) is 1. The van der Waals surface area contributed by atoms with Gasteiger partial charge in [-0.3, -0.25) is 4.79 Å². The van der Waals surface area contributed by atoms with Crippen LogP contribution in [0, 0.1) is 5.92 Å². The van der Waals surface area contributed by atoms with Crippen molar-refractivity contribution in [3.63, 3.8) is 0 Å². The number of hydrogen-bond acceptors (Lipinski definition) is 5. The van der Waals surface area contributed by atoms with Gasteiger partial charge in [0.05, 0.1) is 5.39 Å². The lowest BCUT2D eigenvalue weighted by Crippen LogP contribution is -2.36. The molecule has 0 saturated carbocycles. The molecular formula is C18H25N3O2S. The fraction of sp³-hybridized carbons (Fsp3) is 0.611. The van der Waals surface area contributed by atoms with Gasteiger partial charge >= 0.3 is 0 Å². The van der Waals surface area contributed by atoms with Gasteiger partial charge in [0.15, 0.2) is 6.61 Å². The third-order valence-electron chi connectivity index (χ3n) is 4.53. The Balaban J connectivity index is 1.74. The van der Waals surface area contributed by atoms with E-state index >= 15 is 0 Å². The number of amides is 1. The SMILES string of the molecule is CCC[C@@H](C)NC(=O)COc1ncnc2sc3c(c12)CC[C@H](C)C3. The second-order valence-corrected chi connectivity index (χ2v) is 7.84. The highest BCUT2D eigenvalue weighted by Crippen LogP contribution is 2.40. The maximum absolute atomic E-state index is 12.0. The van der Waals surface area contributed by atoms with Crippen LogP contribution in [0.2, 0.25) is 0 Å². The molecule has 2 heterocycles. The van der Waals surface area contributed by atoms with Gasteiger partial charge in [-0.05, 0) is 44.1 Å². The molecule has 2 aromatic rings. The Morgan fingerprint density at radius 3 is 3.12 bits per heavy atom. The highest BCUT2D eigenvalue weighted by atomic mass is 32.1. The highest BCUT2D eigenvalue weighted by Gasteiger charge is 2.23. The third-order valence-corrected chi connectivity index (χ3v) is 5.69. The number of ether oxygens (including phenoxy) is 1. The molecule has 1 N–H and O–H groups in total. The number of nitrogens with zero attached hydrogens (tertiary/aromatic N) is 2. The van der Waals surface area contributed by atoms with E-state index < -0.39 is 0 Å². The molecule has 1 aliphatic carbocycles. The number of rotatable bonds is 6. The van der Waals surface area contributed by atoms with Crippen LogP contribution in [0.3, 0.4) is 0 Å². The first kappa shape index (κ1) is 17.1. The maximum atomic E-state index is 12.0. The summed E-state index contributed by atoms with van der Waals surface area (Å²) in [4.78, 5) is 23.1. The molecule has 3 rings (SSSR count). The van der Waals surface area contributed by atoms with E-state index in [1.165, 1.54) is 23.2 Å². The van der Waals surface area contributed by atoms with E-state index in [4.69, 9.17) is 4.74 Å². The summed E-state index contributed by atoms with van der Waals surface area (Å²) in [6, 6.07) is 0.173. The quantitative estimate of drug-likeness (QED) is 0.869.